The molecule has 27 heavy (non-hydrogen) atoms. The van der Waals surface area contributed by atoms with E-state index in [0.717, 1.165) is 30.7 Å². The highest BCUT2D eigenvalue weighted by atomic mass is 32.1. The molecule has 0 radical (unpaired) electrons. The van der Waals surface area contributed by atoms with Crippen LogP contribution in [0.25, 0.3) is 11.3 Å². The minimum Gasteiger partial charge on any atom is -0.441 e. The SMILES string of the molecule is CCC1c2ccsc2CCN1C(=O)CCc1ncc(-c2ccc(C)cc2)o1. The van der Waals surface area contributed by atoms with E-state index in [2.05, 4.69) is 42.4 Å². The first-order valence-electron chi connectivity index (χ1n) is 9.53. The number of oxazole rings is 1. The lowest BCUT2D eigenvalue weighted by molar-refractivity contribution is -0.134. The lowest BCUT2D eigenvalue weighted by Gasteiger charge is -2.35. The van der Waals surface area contributed by atoms with E-state index in [0.29, 0.717) is 18.7 Å². The standard InChI is InChI=1S/C22H24N2O2S/c1-3-18-17-11-13-27-20(17)10-12-24(18)22(25)9-8-21-23-14-19(26-21)16-6-4-15(2)5-7-16/h4-7,11,13-14,18H,3,8-10,12H2,1-2H3. The number of hydrogen-bond donors (Lipinski definition) is 0. The van der Waals surface area contributed by atoms with Crippen molar-refractivity contribution in [1.82, 2.24) is 9.88 Å². The normalized spacial score (nSPS) is 16.4. The Morgan fingerprint density at radius 1 is 1.30 bits per heavy atom. The number of amides is 1. The summed E-state index contributed by atoms with van der Waals surface area (Å²) >= 11 is 1.81. The van der Waals surface area contributed by atoms with Crippen LogP contribution in [0, 0.1) is 6.92 Å². The number of benzene rings is 1. The van der Waals surface area contributed by atoms with E-state index in [-0.39, 0.29) is 11.9 Å². The van der Waals surface area contributed by atoms with Gasteiger partial charge in [0, 0.05) is 29.8 Å². The van der Waals surface area contributed by atoms with Gasteiger partial charge in [0.15, 0.2) is 11.7 Å². The molecule has 1 aliphatic rings. The highest BCUT2D eigenvalue weighted by molar-refractivity contribution is 7.10. The molecule has 4 rings (SSSR count). The Labute approximate surface area is 163 Å². The Kier molecular flexibility index (Phi) is 5.12. The van der Waals surface area contributed by atoms with Gasteiger partial charge in [-0.2, -0.15) is 0 Å². The maximum Gasteiger partial charge on any atom is 0.223 e. The number of nitrogens with zero attached hydrogens (tertiary/aromatic N) is 2. The maximum atomic E-state index is 12.8. The van der Waals surface area contributed by atoms with Crippen molar-refractivity contribution in [3.8, 4) is 11.3 Å². The third kappa shape index (κ3) is 3.69. The predicted molar refractivity (Wildman–Crippen MR) is 108 cm³/mol. The van der Waals surface area contributed by atoms with Crippen LogP contribution in [-0.2, 0) is 17.6 Å². The van der Waals surface area contributed by atoms with E-state index in [1.165, 1.54) is 16.0 Å². The summed E-state index contributed by atoms with van der Waals surface area (Å²) in [6, 6.07) is 10.6. The summed E-state index contributed by atoms with van der Waals surface area (Å²) in [5.41, 5.74) is 3.56. The smallest absolute Gasteiger partial charge is 0.223 e. The van der Waals surface area contributed by atoms with Crippen LogP contribution in [0.5, 0.6) is 0 Å². The largest absolute Gasteiger partial charge is 0.441 e. The third-order valence-corrected chi connectivity index (χ3v) is 6.24. The van der Waals surface area contributed by atoms with Gasteiger partial charge in [-0.05, 0) is 36.8 Å². The molecule has 1 aromatic carbocycles. The average Bonchev–Trinajstić information content (AvgIpc) is 3.35. The Bertz CT molecular complexity index is 926. The quantitative estimate of drug-likeness (QED) is 0.613. The van der Waals surface area contributed by atoms with Gasteiger partial charge in [-0.25, -0.2) is 4.98 Å². The van der Waals surface area contributed by atoms with E-state index in [4.69, 9.17) is 4.42 Å². The minimum absolute atomic E-state index is 0.189. The Morgan fingerprint density at radius 3 is 2.89 bits per heavy atom. The van der Waals surface area contributed by atoms with E-state index < -0.39 is 0 Å². The molecule has 0 aliphatic carbocycles. The van der Waals surface area contributed by atoms with Crippen molar-refractivity contribution in [3.05, 3.63) is 63.8 Å². The summed E-state index contributed by atoms with van der Waals surface area (Å²) in [7, 11) is 0. The minimum atomic E-state index is 0.189. The highest BCUT2D eigenvalue weighted by Gasteiger charge is 2.30. The summed E-state index contributed by atoms with van der Waals surface area (Å²) in [6.07, 6.45) is 4.63. The van der Waals surface area contributed by atoms with Crippen molar-refractivity contribution < 1.29 is 9.21 Å². The molecule has 1 unspecified atom stereocenters. The summed E-state index contributed by atoms with van der Waals surface area (Å²) in [5, 5.41) is 2.14. The Balaban J connectivity index is 1.40. The van der Waals surface area contributed by atoms with Gasteiger partial charge in [-0.15, -0.1) is 11.3 Å². The van der Waals surface area contributed by atoms with Gasteiger partial charge in [0.2, 0.25) is 5.91 Å². The Hall–Kier alpha value is -2.40. The van der Waals surface area contributed by atoms with Crippen LogP contribution in [0.3, 0.4) is 0 Å². The molecule has 0 spiro atoms. The molecule has 0 saturated carbocycles. The zero-order valence-electron chi connectivity index (χ0n) is 15.8. The monoisotopic (exact) mass is 380 g/mol. The molecular formula is C22H24N2O2S. The molecule has 3 heterocycles. The van der Waals surface area contributed by atoms with Crippen LogP contribution < -0.4 is 0 Å². The number of aryl methyl sites for hydroxylation is 2. The molecule has 0 bridgehead atoms. The van der Waals surface area contributed by atoms with E-state index in [1.54, 1.807) is 17.5 Å². The van der Waals surface area contributed by atoms with Crippen molar-refractivity contribution in [1.29, 1.82) is 0 Å². The number of carbonyl (C=O) groups is 1. The van der Waals surface area contributed by atoms with Gasteiger partial charge in [0.25, 0.3) is 0 Å². The van der Waals surface area contributed by atoms with Crippen LogP contribution in [-0.4, -0.2) is 22.3 Å². The average molecular weight is 381 g/mol. The fourth-order valence-electron chi connectivity index (χ4n) is 3.77. The number of thiophene rings is 1. The van der Waals surface area contributed by atoms with E-state index in [1.807, 2.05) is 17.0 Å². The molecule has 1 aliphatic heterocycles. The first-order valence-corrected chi connectivity index (χ1v) is 10.4. The fraction of sp³-hybridized carbons (Fsp3) is 0.364. The predicted octanol–water partition coefficient (Wildman–Crippen LogP) is 5.18. The topological polar surface area (TPSA) is 46.3 Å². The van der Waals surface area contributed by atoms with Crippen molar-refractivity contribution in [2.45, 2.75) is 45.6 Å². The van der Waals surface area contributed by atoms with Gasteiger partial charge < -0.3 is 9.32 Å². The zero-order valence-corrected chi connectivity index (χ0v) is 16.6. The van der Waals surface area contributed by atoms with Gasteiger partial charge in [-0.1, -0.05) is 36.8 Å². The van der Waals surface area contributed by atoms with Gasteiger partial charge >= 0.3 is 0 Å². The second-order valence-electron chi connectivity index (χ2n) is 7.04. The molecule has 4 nitrogen and oxygen atoms in total. The van der Waals surface area contributed by atoms with Gasteiger partial charge in [-0.3, -0.25) is 4.79 Å². The summed E-state index contributed by atoms with van der Waals surface area (Å²) in [6.45, 7) is 5.02. The molecular weight excluding hydrogens is 356 g/mol. The number of hydrogen-bond acceptors (Lipinski definition) is 4. The van der Waals surface area contributed by atoms with Crippen LogP contribution in [0.1, 0.15) is 47.7 Å². The summed E-state index contributed by atoms with van der Waals surface area (Å²) in [4.78, 5) is 20.7. The molecule has 3 aromatic rings. The van der Waals surface area contributed by atoms with Crippen LogP contribution in [0.4, 0.5) is 0 Å². The van der Waals surface area contributed by atoms with Crippen LogP contribution >= 0.6 is 11.3 Å². The lowest BCUT2D eigenvalue weighted by Crippen LogP contribution is -2.39. The summed E-state index contributed by atoms with van der Waals surface area (Å²) < 4.78 is 5.86. The number of rotatable bonds is 5. The molecule has 140 valence electrons. The maximum absolute atomic E-state index is 12.8. The molecule has 1 amide bonds. The van der Waals surface area contributed by atoms with Crippen molar-refractivity contribution in [2.75, 3.05) is 6.54 Å². The van der Waals surface area contributed by atoms with Crippen LogP contribution in [0.2, 0.25) is 0 Å². The molecule has 2 aromatic heterocycles. The molecule has 0 N–H and O–H groups in total. The second kappa shape index (κ2) is 7.69. The molecule has 5 heteroatoms. The molecule has 0 saturated heterocycles. The first-order chi connectivity index (χ1) is 13.2. The molecule has 1 atom stereocenters. The van der Waals surface area contributed by atoms with E-state index in [9.17, 15) is 4.79 Å². The zero-order chi connectivity index (χ0) is 18.8. The lowest BCUT2D eigenvalue weighted by atomic mass is 9.97. The Morgan fingerprint density at radius 2 is 2.11 bits per heavy atom. The molecule has 0 fully saturated rings. The van der Waals surface area contributed by atoms with Gasteiger partial charge in [0.05, 0.1) is 12.2 Å². The van der Waals surface area contributed by atoms with Gasteiger partial charge in [0.1, 0.15) is 0 Å². The highest BCUT2D eigenvalue weighted by Crippen LogP contribution is 2.35. The fourth-order valence-corrected chi connectivity index (χ4v) is 4.70. The van der Waals surface area contributed by atoms with E-state index >= 15 is 0 Å². The van der Waals surface area contributed by atoms with Crippen molar-refractivity contribution in [3.63, 3.8) is 0 Å². The third-order valence-electron chi connectivity index (χ3n) is 5.24. The first kappa shape index (κ1) is 18.0. The van der Waals surface area contributed by atoms with Crippen molar-refractivity contribution >= 4 is 17.2 Å². The summed E-state index contributed by atoms with van der Waals surface area (Å²) in [5.74, 6) is 1.57. The second-order valence-corrected chi connectivity index (χ2v) is 8.05. The van der Waals surface area contributed by atoms with Crippen LogP contribution in [0.15, 0.2) is 46.3 Å². The number of fused-ring (bicyclic) bond motifs is 1. The van der Waals surface area contributed by atoms with Crippen molar-refractivity contribution in [2.24, 2.45) is 0 Å². The number of carbonyl (C=O) groups excluding carboxylic acids is 1. The number of aromatic nitrogens is 1.